The van der Waals surface area contributed by atoms with E-state index in [0.717, 1.165) is 12.8 Å². The molecule has 0 amide bonds. The van der Waals surface area contributed by atoms with Crippen molar-refractivity contribution in [1.82, 2.24) is 9.03 Å². The molecule has 1 aliphatic carbocycles. The zero-order chi connectivity index (χ0) is 11.8. The SMILES string of the molecule is CC1CCN(S(=O)(=O)NC2CC(O)C2)CC1. The molecule has 0 atom stereocenters. The van der Waals surface area contributed by atoms with Gasteiger partial charge >= 0.3 is 0 Å². The van der Waals surface area contributed by atoms with Crippen LogP contribution in [0.2, 0.25) is 0 Å². The Bertz CT molecular complexity index is 330. The molecule has 0 unspecified atom stereocenters. The molecular weight excluding hydrogens is 228 g/mol. The maximum absolute atomic E-state index is 11.9. The largest absolute Gasteiger partial charge is 0.393 e. The maximum atomic E-state index is 11.9. The Morgan fingerprint density at radius 3 is 2.31 bits per heavy atom. The smallest absolute Gasteiger partial charge is 0.279 e. The predicted octanol–water partition coefficient (Wildman–Crippen LogP) is 0.0760. The van der Waals surface area contributed by atoms with E-state index < -0.39 is 10.2 Å². The van der Waals surface area contributed by atoms with Crippen LogP contribution >= 0.6 is 0 Å². The molecule has 2 fully saturated rings. The second kappa shape index (κ2) is 4.60. The van der Waals surface area contributed by atoms with Gasteiger partial charge in [0.2, 0.25) is 0 Å². The fourth-order valence-corrected chi connectivity index (χ4v) is 3.65. The molecule has 16 heavy (non-hydrogen) atoms. The monoisotopic (exact) mass is 248 g/mol. The van der Waals surface area contributed by atoms with Crippen LogP contribution in [0.25, 0.3) is 0 Å². The Hall–Kier alpha value is -0.170. The first-order valence-electron chi connectivity index (χ1n) is 5.93. The van der Waals surface area contributed by atoms with Crippen molar-refractivity contribution in [2.75, 3.05) is 13.1 Å². The second-order valence-electron chi connectivity index (χ2n) is 5.03. The molecule has 0 radical (unpaired) electrons. The third-order valence-corrected chi connectivity index (χ3v) is 5.19. The second-order valence-corrected chi connectivity index (χ2v) is 6.73. The van der Waals surface area contributed by atoms with Crippen LogP contribution < -0.4 is 4.72 Å². The zero-order valence-electron chi connectivity index (χ0n) is 9.59. The van der Waals surface area contributed by atoms with Crippen molar-refractivity contribution < 1.29 is 13.5 Å². The maximum Gasteiger partial charge on any atom is 0.279 e. The summed E-state index contributed by atoms with van der Waals surface area (Å²) in [6.07, 6.45) is 2.64. The van der Waals surface area contributed by atoms with Crippen molar-refractivity contribution >= 4 is 10.2 Å². The first-order chi connectivity index (χ1) is 7.47. The molecule has 2 rings (SSSR count). The average Bonchev–Trinajstić information content (AvgIpc) is 2.15. The van der Waals surface area contributed by atoms with Gasteiger partial charge in [0.15, 0.2) is 0 Å². The molecule has 2 aliphatic rings. The molecule has 1 aliphatic heterocycles. The minimum absolute atomic E-state index is 0.0700. The highest BCUT2D eigenvalue weighted by atomic mass is 32.2. The summed E-state index contributed by atoms with van der Waals surface area (Å²) in [5, 5.41) is 9.11. The number of aliphatic hydroxyl groups excluding tert-OH is 1. The molecule has 94 valence electrons. The Labute approximate surface area is 97.0 Å². The fraction of sp³-hybridized carbons (Fsp3) is 1.00. The normalized spacial score (nSPS) is 33.6. The summed E-state index contributed by atoms with van der Waals surface area (Å²) >= 11 is 0. The number of nitrogens with zero attached hydrogens (tertiary/aromatic N) is 1. The Morgan fingerprint density at radius 1 is 1.25 bits per heavy atom. The molecule has 0 aromatic heterocycles. The highest BCUT2D eigenvalue weighted by molar-refractivity contribution is 7.87. The number of hydrogen-bond acceptors (Lipinski definition) is 3. The van der Waals surface area contributed by atoms with Crippen molar-refractivity contribution in [3.8, 4) is 0 Å². The fourth-order valence-electron chi connectivity index (χ4n) is 2.19. The lowest BCUT2D eigenvalue weighted by Crippen LogP contribution is -2.53. The lowest BCUT2D eigenvalue weighted by molar-refractivity contribution is 0.0703. The van der Waals surface area contributed by atoms with E-state index >= 15 is 0 Å². The van der Waals surface area contributed by atoms with Crippen molar-refractivity contribution in [2.24, 2.45) is 5.92 Å². The van der Waals surface area contributed by atoms with Crippen LogP contribution in [-0.4, -0.2) is 43.1 Å². The van der Waals surface area contributed by atoms with Crippen LogP contribution in [-0.2, 0) is 10.2 Å². The average molecular weight is 248 g/mol. The summed E-state index contributed by atoms with van der Waals surface area (Å²) in [7, 11) is -3.32. The first-order valence-corrected chi connectivity index (χ1v) is 7.37. The number of piperidine rings is 1. The van der Waals surface area contributed by atoms with Gasteiger partial charge < -0.3 is 5.11 Å². The summed E-state index contributed by atoms with van der Waals surface area (Å²) in [5.74, 6) is 0.622. The van der Waals surface area contributed by atoms with Crippen molar-refractivity contribution in [1.29, 1.82) is 0 Å². The summed E-state index contributed by atoms with van der Waals surface area (Å²) in [6, 6.07) is -0.0700. The lowest BCUT2D eigenvalue weighted by atomic mass is 9.91. The van der Waals surface area contributed by atoms with Crippen LogP contribution in [0.5, 0.6) is 0 Å². The van der Waals surface area contributed by atoms with Crippen LogP contribution in [0.15, 0.2) is 0 Å². The third kappa shape index (κ3) is 2.74. The standard InChI is InChI=1S/C10H20N2O3S/c1-8-2-4-12(5-3-8)16(14,15)11-9-6-10(13)7-9/h8-11,13H,2-7H2,1H3. The van der Waals surface area contributed by atoms with Crippen LogP contribution in [0.1, 0.15) is 32.6 Å². The van der Waals surface area contributed by atoms with Gasteiger partial charge in [-0.3, -0.25) is 0 Å². The quantitative estimate of drug-likeness (QED) is 0.743. The molecule has 1 heterocycles. The van der Waals surface area contributed by atoms with Crippen molar-refractivity contribution in [3.05, 3.63) is 0 Å². The molecule has 0 spiro atoms. The van der Waals surface area contributed by atoms with Crippen LogP contribution in [0.3, 0.4) is 0 Å². The van der Waals surface area contributed by atoms with Crippen molar-refractivity contribution in [3.63, 3.8) is 0 Å². The summed E-state index contributed by atoms with van der Waals surface area (Å²) in [6.45, 7) is 3.39. The summed E-state index contributed by atoms with van der Waals surface area (Å²) in [5.41, 5.74) is 0. The predicted molar refractivity (Wildman–Crippen MR) is 61.1 cm³/mol. The van der Waals surface area contributed by atoms with E-state index in [4.69, 9.17) is 5.11 Å². The third-order valence-electron chi connectivity index (χ3n) is 3.51. The number of hydrogen-bond donors (Lipinski definition) is 2. The van der Waals surface area contributed by atoms with E-state index in [-0.39, 0.29) is 12.1 Å². The summed E-state index contributed by atoms with van der Waals surface area (Å²) in [4.78, 5) is 0. The van der Waals surface area contributed by atoms with E-state index in [2.05, 4.69) is 11.6 Å². The van der Waals surface area contributed by atoms with Gasteiger partial charge in [-0.2, -0.15) is 17.4 Å². The number of nitrogens with one attached hydrogen (secondary N) is 1. The number of rotatable bonds is 3. The molecule has 6 heteroatoms. The highest BCUT2D eigenvalue weighted by Gasteiger charge is 2.34. The van der Waals surface area contributed by atoms with E-state index in [1.165, 1.54) is 4.31 Å². The molecule has 0 bridgehead atoms. The Balaban J connectivity index is 1.87. The molecule has 2 N–H and O–H groups in total. The van der Waals surface area contributed by atoms with Crippen molar-refractivity contribution in [2.45, 2.75) is 44.8 Å². The van der Waals surface area contributed by atoms with Crippen LogP contribution in [0.4, 0.5) is 0 Å². The van der Waals surface area contributed by atoms with Gasteiger partial charge in [0.25, 0.3) is 10.2 Å². The van der Waals surface area contributed by atoms with Gasteiger partial charge in [-0.1, -0.05) is 6.92 Å². The Kier molecular flexibility index (Phi) is 3.53. The van der Waals surface area contributed by atoms with Gasteiger partial charge in [0.1, 0.15) is 0 Å². The molecule has 1 saturated heterocycles. The zero-order valence-corrected chi connectivity index (χ0v) is 10.4. The van der Waals surface area contributed by atoms with E-state index in [1.54, 1.807) is 0 Å². The Morgan fingerprint density at radius 2 is 1.81 bits per heavy atom. The first kappa shape index (κ1) is 12.3. The minimum atomic E-state index is -3.32. The van der Waals surface area contributed by atoms with Gasteiger partial charge in [0.05, 0.1) is 6.10 Å². The van der Waals surface area contributed by atoms with Crippen LogP contribution in [0, 0.1) is 5.92 Å². The van der Waals surface area contributed by atoms with E-state index in [0.29, 0.717) is 31.8 Å². The van der Waals surface area contributed by atoms with Gasteiger partial charge in [-0.25, -0.2) is 0 Å². The highest BCUT2D eigenvalue weighted by Crippen LogP contribution is 2.23. The molecule has 1 saturated carbocycles. The molecule has 0 aromatic carbocycles. The van der Waals surface area contributed by atoms with Gasteiger partial charge in [-0.05, 0) is 31.6 Å². The number of aliphatic hydroxyl groups is 1. The van der Waals surface area contributed by atoms with Gasteiger partial charge in [-0.15, -0.1) is 0 Å². The molecule has 5 nitrogen and oxygen atoms in total. The summed E-state index contributed by atoms with van der Waals surface area (Å²) < 4.78 is 28.0. The topological polar surface area (TPSA) is 69.6 Å². The molecular formula is C10H20N2O3S. The van der Waals surface area contributed by atoms with E-state index in [1.807, 2.05) is 0 Å². The minimum Gasteiger partial charge on any atom is -0.393 e. The van der Waals surface area contributed by atoms with E-state index in [9.17, 15) is 8.42 Å². The van der Waals surface area contributed by atoms with Gasteiger partial charge in [0, 0.05) is 19.1 Å². The lowest BCUT2D eigenvalue weighted by Gasteiger charge is -2.35. The molecule has 0 aromatic rings.